The van der Waals surface area contributed by atoms with Gasteiger partial charge >= 0.3 is 0 Å². The Morgan fingerprint density at radius 1 is 0.781 bits per heavy atom. The molecule has 0 bridgehead atoms. The molecule has 174 valence electrons. The Hall–Kier alpha value is -2.91. The maximum absolute atomic E-state index is 5.64. The molecule has 0 radical (unpaired) electrons. The molecular weight excluding hydrogens is 430 g/mol. The van der Waals surface area contributed by atoms with Gasteiger partial charge in [0.2, 0.25) is 5.75 Å². The van der Waals surface area contributed by atoms with Crippen molar-refractivity contribution >= 4 is 23.0 Å². The Morgan fingerprint density at radius 3 is 1.81 bits per heavy atom. The lowest BCUT2D eigenvalue weighted by Gasteiger charge is -2.36. The van der Waals surface area contributed by atoms with Crippen LogP contribution in [0.2, 0.25) is 0 Å². The number of methoxy groups -OCH3 is 5. The summed E-state index contributed by atoms with van der Waals surface area (Å²) in [6, 6.07) is 9.62. The minimum Gasteiger partial charge on any atom is -0.497 e. The Bertz CT molecular complexity index is 885. The normalized spacial score (nSPS) is 14.0. The molecule has 0 unspecified atom stereocenters. The van der Waals surface area contributed by atoms with Gasteiger partial charge in [0.25, 0.3) is 0 Å². The SMILES string of the molecule is COc1cc(NC(=S)N2CCN(Cc3cc(OC)c(OC)c(OC)c3)CC2)cc(OC)c1. The number of nitrogens with zero attached hydrogens (tertiary/aromatic N) is 2. The van der Waals surface area contributed by atoms with Gasteiger partial charge in [0.05, 0.1) is 35.5 Å². The van der Waals surface area contributed by atoms with Gasteiger partial charge in [-0.1, -0.05) is 0 Å². The lowest BCUT2D eigenvalue weighted by Crippen LogP contribution is -2.49. The van der Waals surface area contributed by atoms with Crippen LogP contribution in [0.4, 0.5) is 5.69 Å². The van der Waals surface area contributed by atoms with Crippen LogP contribution >= 0.6 is 12.2 Å². The number of piperazine rings is 1. The number of rotatable bonds is 8. The van der Waals surface area contributed by atoms with Crippen molar-refractivity contribution in [1.29, 1.82) is 0 Å². The number of hydrogen-bond acceptors (Lipinski definition) is 7. The fourth-order valence-electron chi connectivity index (χ4n) is 3.68. The molecule has 3 rings (SSSR count). The van der Waals surface area contributed by atoms with Gasteiger partial charge in [-0.05, 0) is 29.9 Å². The van der Waals surface area contributed by atoms with Gasteiger partial charge in [0.15, 0.2) is 16.6 Å². The smallest absolute Gasteiger partial charge is 0.203 e. The van der Waals surface area contributed by atoms with E-state index in [1.165, 1.54) is 0 Å². The molecule has 1 fully saturated rings. The largest absolute Gasteiger partial charge is 0.497 e. The lowest BCUT2D eigenvalue weighted by atomic mass is 10.1. The summed E-state index contributed by atoms with van der Waals surface area (Å²) in [5.41, 5.74) is 1.95. The van der Waals surface area contributed by atoms with Crippen molar-refractivity contribution in [3.05, 3.63) is 35.9 Å². The molecule has 8 nitrogen and oxygen atoms in total. The van der Waals surface area contributed by atoms with Gasteiger partial charge in [-0.15, -0.1) is 0 Å². The molecule has 0 saturated carbocycles. The van der Waals surface area contributed by atoms with Crippen LogP contribution in [-0.2, 0) is 6.54 Å². The van der Waals surface area contributed by atoms with Crippen molar-refractivity contribution in [2.45, 2.75) is 6.54 Å². The average molecular weight is 462 g/mol. The van der Waals surface area contributed by atoms with Crippen LogP contribution in [-0.4, -0.2) is 76.6 Å². The quantitative estimate of drug-likeness (QED) is 0.597. The summed E-state index contributed by atoms with van der Waals surface area (Å²) in [5.74, 6) is 3.36. The molecule has 2 aromatic carbocycles. The van der Waals surface area contributed by atoms with E-state index >= 15 is 0 Å². The number of benzene rings is 2. The van der Waals surface area contributed by atoms with Gasteiger partial charge in [-0.25, -0.2) is 0 Å². The second-order valence-electron chi connectivity index (χ2n) is 7.33. The maximum atomic E-state index is 5.64. The molecule has 1 saturated heterocycles. The monoisotopic (exact) mass is 461 g/mol. The van der Waals surface area contributed by atoms with Crippen molar-refractivity contribution in [3.8, 4) is 28.7 Å². The predicted molar refractivity (Wildman–Crippen MR) is 129 cm³/mol. The standard InChI is InChI=1S/C23H31N3O5S/c1-27-18-12-17(13-19(14-18)28-2)24-23(32)26-8-6-25(7-9-26)15-16-10-20(29-3)22(31-5)21(11-16)30-4/h10-14H,6-9,15H2,1-5H3,(H,24,32). The minimum absolute atomic E-state index is 0.606. The molecule has 9 heteroatoms. The summed E-state index contributed by atoms with van der Waals surface area (Å²) in [6.07, 6.45) is 0. The van der Waals surface area contributed by atoms with E-state index in [0.717, 1.165) is 44.0 Å². The lowest BCUT2D eigenvalue weighted by molar-refractivity contribution is 0.176. The minimum atomic E-state index is 0.606. The summed E-state index contributed by atoms with van der Waals surface area (Å²) in [4.78, 5) is 4.56. The first-order valence-electron chi connectivity index (χ1n) is 10.3. The zero-order chi connectivity index (χ0) is 23.1. The fourth-order valence-corrected chi connectivity index (χ4v) is 3.98. The summed E-state index contributed by atoms with van der Waals surface area (Å²) < 4.78 is 27.0. The van der Waals surface area contributed by atoms with Crippen LogP contribution in [0, 0.1) is 0 Å². The summed E-state index contributed by atoms with van der Waals surface area (Å²) in [7, 11) is 8.13. The molecular formula is C23H31N3O5S. The van der Waals surface area contributed by atoms with E-state index in [1.807, 2.05) is 30.3 Å². The highest BCUT2D eigenvalue weighted by atomic mass is 32.1. The van der Waals surface area contributed by atoms with E-state index in [9.17, 15) is 0 Å². The summed E-state index contributed by atoms with van der Waals surface area (Å²) in [5, 5.41) is 3.99. The number of hydrogen-bond donors (Lipinski definition) is 1. The van der Waals surface area contributed by atoms with Crippen LogP contribution in [0.1, 0.15) is 5.56 Å². The van der Waals surface area contributed by atoms with Gasteiger partial charge in [-0.2, -0.15) is 0 Å². The number of thiocarbonyl (C=S) groups is 1. The first-order chi connectivity index (χ1) is 15.5. The van der Waals surface area contributed by atoms with Crippen LogP contribution in [0.3, 0.4) is 0 Å². The third-order valence-electron chi connectivity index (χ3n) is 5.39. The van der Waals surface area contributed by atoms with Crippen molar-refractivity contribution in [2.75, 3.05) is 67.0 Å². The van der Waals surface area contributed by atoms with Crippen LogP contribution in [0.15, 0.2) is 30.3 Å². The topological polar surface area (TPSA) is 64.7 Å². The first-order valence-corrected chi connectivity index (χ1v) is 10.7. The molecule has 0 aromatic heterocycles. The molecule has 0 spiro atoms. The van der Waals surface area contributed by atoms with E-state index in [0.29, 0.717) is 33.9 Å². The molecule has 2 aromatic rings. The summed E-state index contributed by atoms with van der Waals surface area (Å²) in [6.45, 7) is 4.23. The first kappa shape index (κ1) is 23.7. The molecule has 1 aliphatic heterocycles. The number of anilines is 1. The highest BCUT2D eigenvalue weighted by Gasteiger charge is 2.21. The van der Waals surface area contributed by atoms with Crippen LogP contribution < -0.4 is 29.0 Å². The van der Waals surface area contributed by atoms with E-state index in [2.05, 4.69) is 15.1 Å². The molecule has 0 amide bonds. The molecule has 0 atom stereocenters. The fraction of sp³-hybridized carbons (Fsp3) is 0.435. The number of nitrogens with one attached hydrogen (secondary N) is 1. The molecule has 32 heavy (non-hydrogen) atoms. The van der Waals surface area contributed by atoms with E-state index in [4.69, 9.17) is 35.9 Å². The third-order valence-corrected chi connectivity index (χ3v) is 5.75. The third kappa shape index (κ3) is 5.66. The zero-order valence-corrected chi connectivity index (χ0v) is 20.1. The van der Waals surface area contributed by atoms with E-state index < -0.39 is 0 Å². The van der Waals surface area contributed by atoms with Crippen molar-refractivity contribution in [2.24, 2.45) is 0 Å². The summed E-state index contributed by atoms with van der Waals surface area (Å²) >= 11 is 5.64. The molecule has 1 N–H and O–H groups in total. The number of ether oxygens (including phenoxy) is 5. The second-order valence-corrected chi connectivity index (χ2v) is 7.71. The van der Waals surface area contributed by atoms with Gasteiger partial charge in [0.1, 0.15) is 11.5 Å². The Labute approximate surface area is 194 Å². The van der Waals surface area contributed by atoms with Crippen molar-refractivity contribution in [3.63, 3.8) is 0 Å². The second kappa shape index (κ2) is 11.1. The highest BCUT2D eigenvalue weighted by molar-refractivity contribution is 7.80. The molecule has 0 aliphatic carbocycles. The van der Waals surface area contributed by atoms with Crippen LogP contribution in [0.5, 0.6) is 28.7 Å². The van der Waals surface area contributed by atoms with Gasteiger partial charge in [0, 0.05) is 56.6 Å². The Balaban J connectivity index is 1.59. The van der Waals surface area contributed by atoms with E-state index in [1.54, 1.807) is 35.5 Å². The predicted octanol–water partition coefficient (Wildman–Crippen LogP) is 3.24. The highest BCUT2D eigenvalue weighted by Crippen LogP contribution is 2.38. The molecule has 1 heterocycles. The Kier molecular flexibility index (Phi) is 8.24. The Morgan fingerprint density at radius 2 is 1.34 bits per heavy atom. The van der Waals surface area contributed by atoms with E-state index in [-0.39, 0.29) is 0 Å². The molecule has 1 aliphatic rings. The zero-order valence-electron chi connectivity index (χ0n) is 19.3. The van der Waals surface area contributed by atoms with Crippen LogP contribution in [0.25, 0.3) is 0 Å². The van der Waals surface area contributed by atoms with Gasteiger partial charge < -0.3 is 33.9 Å². The maximum Gasteiger partial charge on any atom is 0.203 e. The average Bonchev–Trinajstić information content (AvgIpc) is 2.83. The van der Waals surface area contributed by atoms with Gasteiger partial charge in [-0.3, -0.25) is 4.90 Å². The van der Waals surface area contributed by atoms with Crippen molar-refractivity contribution in [1.82, 2.24) is 9.80 Å². The van der Waals surface area contributed by atoms with Crippen molar-refractivity contribution < 1.29 is 23.7 Å².